The van der Waals surface area contributed by atoms with E-state index in [2.05, 4.69) is 30.6 Å². The fraction of sp³-hybridized carbons (Fsp3) is 0.450. The van der Waals surface area contributed by atoms with Crippen molar-refractivity contribution in [1.29, 1.82) is 0 Å². The number of alkyl carbamates (subject to hydrolysis) is 2. The normalized spacial score (nSPS) is 17.8. The van der Waals surface area contributed by atoms with Crippen LogP contribution in [0.2, 0.25) is 0 Å². The summed E-state index contributed by atoms with van der Waals surface area (Å²) in [5, 5.41) is 5.28. The Morgan fingerprint density at radius 3 is 1.37 bits per heavy atom. The van der Waals surface area contributed by atoms with Crippen LogP contribution in [-0.2, 0) is 29.5 Å². The van der Waals surface area contributed by atoms with Crippen molar-refractivity contribution in [3.63, 3.8) is 0 Å². The molecule has 0 radical (unpaired) electrons. The minimum absolute atomic E-state index is 0.0285. The van der Waals surface area contributed by atoms with Gasteiger partial charge in [0.2, 0.25) is 11.8 Å². The second-order valence-electron chi connectivity index (χ2n) is 15.1. The zero-order chi connectivity index (χ0) is 42.4. The van der Waals surface area contributed by atoms with Crippen molar-refractivity contribution in [2.24, 2.45) is 11.8 Å². The number of likely N-dealkylation sites (tertiary alicyclic amines) is 2. The highest BCUT2D eigenvalue weighted by Crippen LogP contribution is 2.35. The number of benzene rings is 2. The van der Waals surface area contributed by atoms with Crippen LogP contribution in [0.4, 0.5) is 9.59 Å². The van der Waals surface area contributed by atoms with Crippen molar-refractivity contribution < 1.29 is 45.4 Å². The summed E-state index contributed by atoms with van der Waals surface area (Å²) in [6.07, 6.45) is 4.88. The van der Waals surface area contributed by atoms with Crippen LogP contribution in [0.15, 0.2) is 60.9 Å². The van der Waals surface area contributed by atoms with Crippen molar-refractivity contribution in [2.75, 3.05) is 27.3 Å². The molecule has 4 N–H and O–H groups in total. The number of rotatable bonds is 14. The van der Waals surface area contributed by atoms with Crippen LogP contribution in [-0.4, -0.2) is 102 Å². The van der Waals surface area contributed by atoms with E-state index in [1.807, 2.05) is 27.7 Å². The summed E-state index contributed by atoms with van der Waals surface area (Å²) in [7, 11) is -2.01. The number of nitrogens with one attached hydrogen (secondary N) is 4. The molecule has 2 aliphatic rings. The summed E-state index contributed by atoms with van der Waals surface area (Å²) < 4.78 is 45.7. The summed E-state index contributed by atoms with van der Waals surface area (Å²) in [5.74, 6) is 0.504. The monoisotopic (exact) mass is 834 g/mol. The van der Waals surface area contributed by atoms with E-state index >= 15 is 0 Å². The lowest BCUT2D eigenvalue weighted by Crippen LogP contribution is -2.51. The number of nitrogens with zero attached hydrogens (tertiary/aromatic N) is 4. The number of amides is 4. The smallest absolute Gasteiger partial charge is 0.453 e. The zero-order valence-corrected chi connectivity index (χ0v) is 34.6. The molecule has 2 aromatic heterocycles. The molecular weight excluding hydrogens is 785 g/mol. The number of hydrogen-bond donors (Lipinski definition) is 4. The standard InChI is InChI=1S/C40H50N8O10S/c1-23(2)33(45-39(51)55-5)37(49)47-19-7-9-31(47)35-41-21-29(43-35)25-11-15-27(16-12-25)57-59(53,54)58-28-17-13-26(14-18-28)30-22-42-36(44-30)32-10-8-20-48(32)38(50)34(24(3)4)46-40(52)56-6/h11-18,21-24,31-34H,7-10,19-20H2,1-6H3,(H,41,43)(H,42,44)(H,45,51)(H,46,52)/t31-,32-,33-,34-/m0/s1. The lowest BCUT2D eigenvalue weighted by Gasteiger charge is -2.30. The van der Waals surface area contributed by atoms with Crippen LogP contribution >= 0.6 is 0 Å². The molecule has 18 nitrogen and oxygen atoms in total. The highest BCUT2D eigenvalue weighted by molar-refractivity contribution is 7.82. The Labute approximate surface area is 342 Å². The molecule has 2 aliphatic heterocycles. The number of carbonyl (C=O) groups is 4. The van der Waals surface area contributed by atoms with Gasteiger partial charge in [-0.25, -0.2) is 19.6 Å². The fourth-order valence-electron chi connectivity index (χ4n) is 7.32. The first-order chi connectivity index (χ1) is 28.2. The highest BCUT2D eigenvalue weighted by atomic mass is 32.3. The number of H-pyrrole nitrogens is 2. The highest BCUT2D eigenvalue weighted by Gasteiger charge is 2.39. The van der Waals surface area contributed by atoms with Crippen LogP contribution in [0.25, 0.3) is 22.5 Å². The molecule has 0 bridgehead atoms. The molecule has 19 heteroatoms. The second kappa shape index (κ2) is 18.2. The van der Waals surface area contributed by atoms with Crippen molar-refractivity contribution >= 4 is 34.4 Å². The molecule has 0 unspecified atom stereocenters. The molecule has 6 rings (SSSR count). The van der Waals surface area contributed by atoms with Gasteiger partial charge in [0.1, 0.15) is 35.2 Å². The van der Waals surface area contributed by atoms with E-state index in [9.17, 15) is 27.6 Å². The first-order valence-corrected chi connectivity index (χ1v) is 20.8. The number of aromatic nitrogens is 4. The van der Waals surface area contributed by atoms with E-state index in [1.54, 1.807) is 46.5 Å². The molecule has 2 fully saturated rings. The van der Waals surface area contributed by atoms with Gasteiger partial charge in [-0.2, -0.15) is 0 Å². The Morgan fingerprint density at radius 2 is 1.03 bits per heavy atom. The summed E-state index contributed by atoms with van der Waals surface area (Å²) >= 11 is 0. The van der Waals surface area contributed by atoms with Crippen molar-refractivity contribution in [3.8, 4) is 34.0 Å². The van der Waals surface area contributed by atoms with E-state index in [0.29, 0.717) is 60.1 Å². The third-order valence-electron chi connectivity index (χ3n) is 10.4. The van der Waals surface area contributed by atoms with Gasteiger partial charge in [-0.3, -0.25) is 9.59 Å². The molecule has 316 valence electrons. The minimum Gasteiger partial charge on any atom is -0.453 e. The van der Waals surface area contributed by atoms with Gasteiger partial charge in [-0.1, -0.05) is 27.7 Å². The molecule has 59 heavy (non-hydrogen) atoms. The van der Waals surface area contributed by atoms with E-state index < -0.39 is 34.7 Å². The predicted octanol–water partition coefficient (Wildman–Crippen LogP) is 5.26. The molecule has 0 saturated carbocycles. The SMILES string of the molecule is COC(=O)N[C@H](C(=O)N1CCC[C@H]1c1ncc(-c2ccc(OS(=O)(=O)Oc3ccc(-c4cnc([C@@H]5CCCN5C(=O)[C@@H](NC(=O)OC)C(C)C)[nH]4)cc3)cc2)[nH]1)C(C)C. The number of hydrogen-bond acceptors (Lipinski definition) is 12. The van der Waals surface area contributed by atoms with Gasteiger partial charge in [0.15, 0.2) is 0 Å². The maximum absolute atomic E-state index is 13.5. The van der Waals surface area contributed by atoms with Gasteiger partial charge in [-0.05, 0) is 97.2 Å². The maximum atomic E-state index is 13.5. The number of methoxy groups -OCH3 is 2. The van der Waals surface area contributed by atoms with E-state index in [4.69, 9.17) is 17.8 Å². The number of ether oxygens (including phenoxy) is 2. The first kappa shape index (κ1) is 42.5. The zero-order valence-electron chi connectivity index (χ0n) is 33.8. The molecule has 0 spiro atoms. The van der Waals surface area contributed by atoms with Crippen LogP contribution in [0, 0.1) is 11.8 Å². The van der Waals surface area contributed by atoms with Crippen molar-refractivity contribution in [1.82, 2.24) is 40.4 Å². The average molecular weight is 835 g/mol. The Kier molecular flexibility index (Phi) is 13.1. The predicted molar refractivity (Wildman–Crippen MR) is 214 cm³/mol. The van der Waals surface area contributed by atoms with Crippen LogP contribution in [0.5, 0.6) is 11.5 Å². The molecule has 4 heterocycles. The van der Waals surface area contributed by atoms with E-state index in [1.165, 1.54) is 38.5 Å². The molecular formula is C40H50N8O10S. The Bertz CT molecular complexity index is 2070. The Morgan fingerprint density at radius 1 is 0.661 bits per heavy atom. The van der Waals surface area contributed by atoms with Crippen molar-refractivity contribution in [2.45, 2.75) is 77.5 Å². The number of imidazole rings is 2. The van der Waals surface area contributed by atoms with Gasteiger partial charge < -0.3 is 48.2 Å². The number of carbonyl (C=O) groups excluding carboxylic acids is 4. The quantitative estimate of drug-likeness (QED) is 0.128. The van der Waals surface area contributed by atoms with Gasteiger partial charge in [0, 0.05) is 13.1 Å². The van der Waals surface area contributed by atoms with Gasteiger partial charge in [-0.15, -0.1) is 8.42 Å². The topological polar surface area (TPSA) is 227 Å². The summed E-state index contributed by atoms with van der Waals surface area (Å²) in [6.45, 7) is 8.45. The van der Waals surface area contributed by atoms with Crippen LogP contribution < -0.4 is 19.0 Å². The largest absolute Gasteiger partial charge is 0.500 e. The second-order valence-corrected chi connectivity index (χ2v) is 16.2. The third kappa shape index (κ3) is 9.96. The molecule has 2 saturated heterocycles. The van der Waals surface area contributed by atoms with Crippen LogP contribution in [0.3, 0.4) is 0 Å². The Balaban J connectivity index is 1.05. The molecule has 4 amide bonds. The average Bonchev–Trinajstić information content (AvgIpc) is 4.05. The summed E-state index contributed by atoms with van der Waals surface area (Å²) in [6, 6.07) is 10.5. The van der Waals surface area contributed by atoms with Crippen LogP contribution in [0.1, 0.15) is 77.1 Å². The molecule has 4 atom stereocenters. The van der Waals surface area contributed by atoms with Gasteiger partial charge in [0.25, 0.3) is 0 Å². The molecule has 4 aromatic rings. The Hall–Kier alpha value is -6.11. The lowest BCUT2D eigenvalue weighted by molar-refractivity contribution is -0.136. The molecule has 2 aromatic carbocycles. The summed E-state index contributed by atoms with van der Waals surface area (Å²) in [4.78, 5) is 69.9. The third-order valence-corrected chi connectivity index (χ3v) is 11.2. The van der Waals surface area contributed by atoms with Gasteiger partial charge >= 0.3 is 22.6 Å². The van der Waals surface area contributed by atoms with Crippen molar-refractivity contribution in [3.05, 3.63) is 72.6 Å². The van der Waals surface area contributed by atoms with Gasteiger partial charge in [0.05, 0.1) is 50.1 Å². The molecule has 0 aliphatic carbocycles. The minimum atomic E-state index is -4.51. The fourth-order valence-corrected chi connectivity index (χ4v) is 8.05. The van der Waals surface area contributed by atoms with E-state index in [0.717, 1.165) is 12.8 Å². The summed E-state index contributed by atoms with van der Waals surface area (Å²) in [5.41, 5.74) is 2.73. The van der Waals surface area contributed by atoms with E-state index in [-0.39, 0.29) is 47.2 Å². The first-order valence-electron chi connectivity index (χ1n) is 19.4. The number of aromatic amines is 2. The lowest BCUT2D eigenvalue weighted by atomic mass is 10.0. The maximum Gasteiger partial charge on any atom is 0.500 e.